The summed E-state index contributed by atoms with van der Waals surface area (Å²) in [5.41, 5.74) is 2.39. The van der Waals surface area contributed by atoms with Crippen molar-refractivity contribution in [1.82, 2.24) is 15.7 Å². The molecule has 0 saturated carbocycles. The summed E-state index contributed by atoms with van der Waals surface area (Å²) in [4.78, 5) is 38.5. The van der Waals surface area contributed by atoms with E-state index in [0.29, 0.717) is 23.2 Å². The average molecular weight is 356 g/mol. The lowest BCUT2D eigenvalue weighted by Crippen LogP contribution is -2.39. The van der Waals surface area contributed by atoms with Gasteiger partial charge in [-0.05, 0) is 19.1 Å². The maximum Gasteiger partial charge on any atom is 0.329 e. The molecule has 1 aromatic rings. The van der Waals surface area contributed by atoms with Gasteiger partial charge in [0.1, 0.15) is 5.82 Å². The monoisotopic (exact) mass is 355 g/mol. The molecular formula is C14H18ClN5O4. The quantitative estimate of drug-likeness (QED) is 0.281. The standard InChI is InChI=1S/C14H18ClN5O4/c1-9(19-20-14(23)13(22)16-5-6-24-2)7-12(21)18-11-4-3-10(15)8-17-11/h3-4,8H,5-7H2,1-2H3,(H,16,22)(H,20,23)(H,17,18,21)/b19-9-. The summed E-state index contributed by atoms with van der Waals surface area (Å²) in [7, 11) is 1.48. The van der Waals surface area contributed by atoms with Gasteiger partial charge in [-0.25, -0.2) is 10.4 Å². The van der Waals surface area contributed by atoms with Crippen molar-refractivity contribution >= 4 is 40.9 Å². The Hall–Kier alpha value is -2.52. The number of hydrogen-bond acceptors (Lipinski definition) is 6. The van der Waals surface area contributed by atoms with Crippen LogP contribution in [0.1, 0.15) is 13.3 Å². The van der Waals surface area contributed by atoms with Crippen LogP contribution in [0.15, 0.2) is 23.4 Å². The minimum absolute atomic E-state index is 0.0735. The third-order valence-electron chi connectivity index (χ3n) is 2.56. The van der Waals surface area contributed by atoms with Crippen LogP contribution < -0.4 is 16.1 Å². The largest absolute Gasteiger partial charge is 0.383 e. The first kappa shape index (κ1) is 19.5. The van der Waals surface area contributed by atoms with E-state index in [1.165, 1.54) is 20.2 Å². The number of rotatable bonds is 7. The van der Waals surface area contributed by atoms with Gasteiger partial charge in [-0.2, -0.15) is 5.10 Å². The van der Waals surface area contributed by atoms with Crippen LogP contribution >= 0.6 is 11.6 Å². The van der Waals surface area contributed by atoms with Crippen LogP contribution in [-0.4, -0.2) is 48.7 Å². The predicted molar refractivity (Wildman–Crippen MR) is 88.6 cm³/mol. The Kier molecular flexibility index (Phi) is 8.37. The highest BCUT2D eigenvalue weighted by atomic mass is 35.5. The van der Waals surface area contributed by atoms with Gasteiger partial charge in [0, 0.05) is 25.6 Å². The third-order valence-corrected chi connectivity index (χ3v) is 2.78. The average Bonchev–Trinajstić information content (AvgIpc) is 2.54. The van der Waals surface area contributed by atoms with E-state index in [1.54, 1.807) is 12.1 Å². The summed E-state index contributed by atoms with van der Waals surface area (Å²) in [6, 6.07) is 3.15. The fourth-order valence-corrected chi connectivity index (χ4v) is 1.56. The summed E-state index contributed by atoms with van der Waals surface area (Å²) in [5, 5.41) is 9.04. The van der Waals surface area contributed by atoms with Crippen LogP contribution in [0, 0.1) is 0 Å². The molecule has 0 bridgehead atoms. The predicted octanol–water partition coefficient (Wildman–Crippen LogP) is 0.318. The number of carbonyl (C=O) groups excluding carboxylic acids is 3. The Morgan fingerprint density at radius 2 is 2.04 bits per heavy atom. The first-order valence-corrected chi connectivity index (χ1v) is 7.32. The molecule has 10 heteroatoms. The maximum atomic E-state index is 11.8. The van der Waals surface area contributed by atoms with Crippen LogP contribution in [0.25, 0.3) is 0 Å². The Balaban J connectivity index is 2.40. The number of methoxy groups -OCH3 is 1. The van der Waals surface area contributed by atoms with Gasteiger partial charge in [-0.15, -0.1) is 0 Å². The summed E-state index contributed by atoms with van der Waals surface area (Å²) < 4.78 is 4.74. The Labute approximate surface area is 143 Å². The van der Waals surface area contributed by atoms with Crippen LogP contribution in [-0.2, 0) is 19.1 Å². The number of aromatic nitrogens is 1. The number of nitrogens with zero attached hydrogens (tertiary/aromatic N) is 2. The van der Waals surface area contributed by atoms with Gasteiger partial charge in [-0.3, -0.25) is 14.4 Å². The lowest BCUT2D eigenvalue weighted by Gasteiger charge is -2.05. The number of ether oxygens (including phenoxy) is 1. The fraction of sp³-hybridized carbons (Fsp3) is 0.357. The van der Waals surface area contributed by atoms with E-state index in [4.69, 9.17) is 16.3 Å². The van der Waals surface area contributed by atoms with E-state index < -0.39 is 11.8 Å². The molecule has 0 aliphatic heterocycles. The summed E-state index contributed by atoms with van der Waals surface area (Å²) in [5.74, 6) is -1.78. The minimum atomic E-state index is -0.926. The van der Waals surface area contributed by atoms with E-state index in [-0.39, 0.29) is 18.9 Å². The molecular weight excluding hydrogens is 338 g/mol. The number of amides is 3. The van der Waals surface area contributed by atoms with Crippen molar-refractivity contribution in [3.63, 3.8) is 0 Å². The zero-order valence-corrected chi connectivity index (χ0v) is 14.0. The molecule has 0 atom stereocenters. The molecule has 1 aromatic heterocycles. The lowest BCUT2D eigenvalue weighted by molar-refractivity contribution is -0.139. The number of anilines is 1. The molecule has 3 amide bonds. The zero-order valence-electron chi connectivity index (χ0n) is 13.3. The van der Waals surface area contributed by atoms with Gasteiger partial charge in [0.15, 0.2) is 0 Å². The second-order valence-corrected chi connectivity index (χ2v) is 5.06. The van der Waals surface area contributed by atoms with E-state index >= 15 is 0 Å². The van der Waals surface area contributed by atoms with Crippen molar-refractivity contribution in [1.29, 1.82) is 0 Å². The van der Waals surface area contributed by atoms with E-state index in [9.17, 15) is 14.4 Å². The Bertz CT molecular complexity index is 618. The smallest absolute Gasteiger partial charge is 0.329 e. The number of halogens is 1. The number of hydrogen-bond donors (Lipinski definition) is 3. The summed E-state index contributed by atoms with van der Waals surface area (Å²) >= 11 is 5.69. The van der Waals surface area contributed by atoms with Gasteiger partial charge in [0.25, 0.3) is 0 Å². The highest BCUT2D eigenvalue weighted by molar-refractivity contribution is 6.35. The molecule has 0 aliphatic rings. The van der Waals surface area contributed by atoms with Gasteiger partial charge in [0.05, 0.1) is 18.1 Å². The molecule has 0 spiro atoms. The number of pyridine rings is 1. The normalized spacial score (nSPS) is 10.9. The maximum absolute atomic E-state index is 11.8. The van der Waals surface area contributed by atoms with Gasteiger partial charge in [-0.1, -0.05) is 11.6 Å². The highest BCUT2D eigenvalue weighted by Crippen LogP contribution is 2.09. The Morgan fingerprint density at radius 1 is 1.29 bits per heavy atom. The van der Waals surface area contributed by atoms with Crippen molar-refractivity contribution in [2.45, 2.75) is 13.3 Å². The third kappa shape index (κ3) is 7.65. The minimum Gasteiger partial charge on any atom is -0.383 e. The Morgan fingerprint density at radius 3 is 2.67 bits per heavy atom. The zero-order chi connectivity index (χ0) is 17.9. The van der Waals surface area contributed by atoms with Gasteiger partial charge in [0.2, 0.25) is 5.91 Å². The molecule has 0 aliphatic carbocycles. The number of nitrogens with one attached hydrogen (secondary N) is 3. The summed E-state index contributed by atoms with van der Waals surface area (Å²) in [6.45, 7) is 2.04. The van der Waals surface area contributed by atoms with Crippen molar-refractivity contribution in [3.8, 4) is 0 Å². The van der Waals surface area contributed by atoms with Gasteiger partial charge >= 0.3 is 11.8 Å². The molecule has 1 heterocycles. The van der Waals surface area contributed by atoms with E-state index in [0.717, 1.165) is 0 Å². The highest BCUT2D eigenvalue weighted by Gasteiger charge is 2.12. The van der Waals surface area contributed by atoms with Crippen molar-refractivity contribution in [3.05, 3.63) is 23.4 Å². The summed E-state index contributed by atoms with van der Waals surface area (Å²) in [6.07, 6.45) is 1.33. The molecule has 0 unspecified atom stereocenters. The number of carbonyl (C=O) groups is 3. The lowest BCUT2D eigenvalue weighted by atomic mass is 10.3. The first-order chi connectivity index (χ1) is 11.4. The second kappa shape index (κ2) is 10.3. The van der Waals surface area contributed by atoms with Crippen LogP contribution in [0.5, 0.6) is 0 Å². The number of hydrazone groups is 1. The molecule has 24 heavy (non-hydrogen) atoms. The van der Waals surface area contributed by atoms with E-state index in [1.807, 2.05) is 0 Å². The van der Waals surface area contributed by atoms with Crippen molar-refractivity contribution in [2.75, 3.05) is 25.6 Å². The van der Waals surface area contributed by atoms with Crippen LogP contribution in [0.3, 0.4) is 0 Å². The van der Waals surface area contributed by atoms with Crippen LogP contribution in [0.2, 0.25) is 5.02 Å². The molecule has 0 aromatic carbocycles. The van der Waals surface area contributed by atoms with Crippen molar-refractivity contribution in [2.24, 2.45) is 5.10 Å². The molecule has 1 rings (SSSR count). The molecule has 130 valence electrons. The molecule has 0 radical (unpaired) electrons. The van der Waals surface area contributed by atoms with E-state index in [2.05, 4.69) is 26.1 Å². The topological polar surface area (TPSA) is 122 Å². The first-order valence-electron chi connectivity index (χ1n) is 6.94. The van der Waals surface area contributed by atoms with Crippen LogP contribution in [0.4, 0.5) is 5.82 Å². The van der Waals surface area contributed by atoms with Gasteiger partial charge < -0.3 is 15.4 Å². The van der Waals surface area contributed by atoms with Crippen molar-refractivity contribution < 1.29 is 19.1 Å². The molecule has 0 fully saturated rings. The SMILES string of the molecule is COCCNC(=O)C(=O)N/N=C(/C)CC(=O)Nc1ccc(Cl)cn1. The molecule has 0 saturated heterocycles. The second-order valence-electron chi connectivity index (χ2n) is 4.62. The fourth-order valence-electron chi connectivity index (χ4n) is 1.45. The molecule has 9 nitrogen and oxygen atoms in total. The molecule has 3 N–H and O–H groups in total.